The molecule has 2 amide bonds. The number of hydrogen-bond donors (Lipinski definition) is 1. The molecular formula is C18H17FN2O2. The number of halogens is 1. The van der Waals surface area contributed by atoms with Gasteiger partial charge in [0, 0.05) is 17.8 Å². The third-order valence-corrected chi connectivity index (χ3v) is 3.93. The fourth-order valence-electron chi connectivity index (χ4n) is 2.82. The van der Waals surface area contributed by atoms with E-state index in [9.17, 15) is 14.0 Å². The van der Waals surface area contributed by atoms with E-state index >= 15 is 0 Å². The summed E-state index contributed by atoms with van der Waals surface area (Å²) in [5.74, 6) is -0.841. The lowest BCUT2D eigenvalue weighted by atomic mass is 10.1. The summed E-state index contributed by atoms with van der Waals surface area (Å²) in [6, 6.07) is 14.1. The molecule has 1 saturated heterocycles. The van der Waals surface area contributed by atoms with Gasteiger partial charge < -0.3 is 10.2 Å². The van der Waals surface area contributed by atoms with Crippen molar-refractivity contribution in [2.75, 3.05) is 11.9 Å². The predicted molar refractivity (Wildman–Crippen MR) is 85.5 cm³/mol. The number of carbonyl (C=O) groups excluding carboxylic acids is 2. The molecule has 1 N–H and O–H groups in total. The minimum Gasteiger partial charge on any atom is -0.327 e. The average Bonchev–Trinajstić information content (AvgIpc) is 3.05. The molecule has 2 aromatic carbocycles. The molecule has 1 atom stereocenters. The highest BCUT2D eigenvalue weighted by Crippen LogP contribution is 2.22. The molecule has 1 unspecified atom stereocenters. The summed E-state index contributed by atoms with van der Waals surface area (Å²) in [5.41, 5.74) is 0.965. The van der Waals surface area contributed by atoms with Gasteiger partial charge in [0.2, 0.25) is 5.91 Å². The van der Waals surface area contributed by atoms with Crippen molar-refractivity contribution in [1.82, 2.24) is 4.90 Å². The van der Waals surface area contributed by atoms with Crippen LogP contribution in [-0.2, 0) is 4.79 Å². The van der Waals surface area contributed by atoms with Crippen LogP contribution in [0.5, 0.6) is 0 Å². The van der Waals surface area contributed by atoms with Crippen LogP contribution in [0, 0.1) is 5.82 Å². The first-order valence-electron chi connectivity index (χ1n) is 7.57. The number of benzene rings is 2. The Balaban J connectivity index is 1.73. The number of carbonyl (C=O) groups is 2. The molecule has 0 aliphatic carbocycles. The predicted octanol–water partition coefficient (Wildman–Crippen LogP) is 3.07. The fraction of sp³-hybridized carbons (Fsp3) is 0.222. The Morgan fingerprint density at radius 3 is 2.61 bits per heavy atom. The molecule has 0 radical (unpaired) electrons. The van der Waals surface area contributed by atoms with Gasteiger partial charge >= 0.3 is 0 Å². The summed E-state index contributed by atoms with van der Waals surface area (Å²) in [6.45, 7) is 0.551. The van der Waals surface area contributed by atoms with Crippen molar-refractivity contribution in [3.8, 4) is 0 Å². The van der Waals surface area contributed by atoms with Crippen LogP contribution in [0.15, 0.2) is 54.6 Å². The maximum absolute atomic E-state index is 13.2. The SMILES string of the molecule is O=C(Nc1cccc(F)c1)C1CCCN1C(=O)c1ccccc1. The summed E-state index contributed by atoms with van der Waals surface area (Å²) in [4.78, 5) is 26.6. The lowest BCUT2D eigenvalue weighted by Gasteiger charge is -2.24. The second-order valence-electron chi connectivity index (χ2n) is 5.52. The van der Waals surface area contributed by atoms with E-state index in [1.807, 2.05) is 6.07 Å². The van der Waals surface area contributed by atoms with Crippen LogP contribution >= 0.6 is 0 Å². The number of hydrogen-bond acceptors (Lipinski definition) is 2. The summed E-state index contributed by atoms with van der Waals surface area (Å²) < 4.78 is 13.2. The number of rotatable bonds is 3. The van der Waals surface area contributed by atoms with Crippen molar-refractivity contribution in [1.29, 1.82) is 0 Å². The molecule has 5 heteroatoms. The third kappa shape index (κ3) is 3.39. The number of anilines is 1. The standard InChI is InChI=1S/C18H17FN2O2/c19-14-8-4-9-15(12-14)20-17(22)16-10-5-11-21(16)18(23)13-6-2-1-3-7-13/h1-4,6-9,12,16H,5,10-11H2,(H,20,22). The second-order valence-corrected chi connectivity index (χ2v) is 5.52. The minimum absolute atomic E-state index is 0.150. The first-order chi connectivity index (χ1) is 11.1. The molecule has 0 aromatic heterocycles. The monoisotopic (exact) mass is 312 g/mol. The van der Waals surface area contributed by atoms with E-state index in [-0.39, 0.29) is 11.8 Å². The van der Waals surface area contributed by atoms with Crippen LogP contribution in [0.2, 0.25) is 0 Å². The van der Waals surface area contributed by atoms with Crippen LogP contribution in [0.3, 0.4) is 0 Å². The van der Waals surface area contributed by atoms with Crippen molar-refractivity contribution in [3.05, 3.63) is 66.0 Å². The van der Waals surface area contributed by atoms with Gasteiger partial charge in [-0.25, -0.2) is 4.39 Å². The lowest BCUT2D eigenvalue weighted by molar-refractivity contribution is -0.119. The largest absolute Gasteiger partial charge is 0.327 e. The molecule has 0 spiro atoms. The van der Waals surface area contributed by atoms with Crippen LogP contribution in [-0.4, -0.2) is 29.3 Å². The van der Waals surface area contributed by atoms with E-state index in [2.05, 4.69) is 5.32 Å². The van der Waals surface area contributed by atoms with Crippen molar-refractivity contribution in [3.63, 3.8) is 0 Å². The highest BCUT2D eigenvalue weighted by Gasteiger charge is 2.34. The van der Waals surface area contributed by atoms with Gasteiger partial charge in [0.05, 0.1) is 0 Å². The molecule has 2 aromatic rings. The lowest BCUT2D eigenvalue weighted by Crippen LogP contribution is -2.43. The molecule has 3 rings (SSSR count). The van der Waals surface area contributed by atoms with E-state index in [4.69, 9.17) is 0 Å². The van der Waals surface area contributed by atoms with E-state index < -0.39 is 11.9 Å². The Bertz CT molecular complexity index is 718. The first-order valence-corrected chi connectivity index (χ1v) is 7.57. The highest BCUT2D eigenvalue weighted by atomic mass is 19.1. The Morgan fingerprint density at radius 1 is 1.09 bits per heavy atom. The highest BCUT2D eigenvalue weighted by molar-refractivity contribution is 6.01. The Kier molecular flexibility index (Phi) is 4.37. The molecule has 0 bridgehead atoms. The quantitative estimate of drug-likeness (QED) is 0.947. The van der Waals surface area contributed by atoms with E-state index in [0.29, 0.717) is 24.2 Å². The molecule has 23 heavy (non-hydrogen) atoms. The molecule has 1 aliphatic rings. The van der Waals surface area contributed by atoms with E-state index in [1.165, 1.54) is 18.2 Å². The summed E-state index contributed by atoms with van der Waals surface area (Å²) in [7, 11) is 0. The maximum atomic E-state index is 13.2. The first kappa shape index (κ1) is 15.2. The van der Waals surface area contributed by atoms with Gasteiger partial charge in [-0.15, -0.1) is 0 Å². The smallest absolute Gasteiger partial charge is 0.254 e. The van der Waals surface area contributed by atoms with Gasteiger partial charge in [0.15, 0.2) is 0 Å². The summed E-state index contributed by atoms with van der Waals surface area (Å²) in [6.07, 6.45) is 1.39. The zero-order chi connectivity index (χ0) is 16.2. The third-order valence-electron chi connectivity index (χ3n) is 3.93. The fourth-order valence-corrected chi connectivity index (χ4v) is 2.82. The Hall–Kier alpha value is -2.69. The van der Waals surface area contributed by atoms with Gasteiger partial charge in [-0.2, -0.15) is 0 Å². The van der Waals surface area contributed by atoms with Crippen LogP contribution in [0.1, 0.15) is 23.2 Å². The normalized spacial score (nSPS) is 17.1. The number of nitrogens with zero attached hydrogens (tertiary/aromatic N) is 1. The van der Waals surface area contributed by atoms with Gasteiger partial charge in [0.1, 0.15) is 11.9 Å². The molecule has 1 heterocycles. The van der Waals surface area contributed by atoms with Gasteiger partial charge in [0.25, 0.3) is 5.91 Å². The number of amides is 2. The van der Waals surface area contributed by atoms with Crippen LogP contribution < -0.4 is 5.32 Å². The number of likely N-dealkylation sites (tertiary alicyclic amines) is 1. The van der Waals surface area contributed by atoms with E-state index in [1.54, 1.807) is 35.2 Å². The van der Waals surface area contributed by atoms with Crippen molar-refractivity contribution >= 4 is 17.5 Å². The van der Waals surface area contributed by atoms with Crippen LogP contribution in [0.25, 0.3) is 0 Å². The van der Waals surface area contributed by atoms with Crippen molar-refractivity contribution in [2.24, 2.45) is 0 Å². The van der Waals surface area contributed by atoms with Crippen molar-refractivity contribution in [2.45, 2.75) is 18.9 Å². The summed E-state index contributed by atoms with van der Waals surface area (Å²) >= 11 is 0. The summed E-state index contributed by atoms with van der Waals surface area (Å²) in [5, 5.41) is 2.69. The maximum Gasteiger partial charge on any atom is 0.254 e. The molecule has 4 nitrogen and oxygen atoms in total. The zero-order valence-corrected chi connectivity index (χ0v) is 12.5. The number of nitrogens with one attached hydrogen (secondary N) is 1. The molecule has 0 saturated carbocycles. The molecule has 118 valence electrons. The molecule has 1 aliphatic heterocycles. The van der Waals surface area contributed by atoms with Crippen LogP contribution in [0.4, 0.5) is 10.1 Å². The second kappa shape index (κ2) is 6.60. The zero-order valence-electron chi connectivity index (χ0n) is 12.5. The molecular weight excluding hydrogens is 295 g/mol. The van der Waals surface area contributed by atoms with E-state index in [0.717, 1.165) is 6.42 Å². The Morgan fingerprint density at radius 2 is 1.87 bits per heavy atom. The minimum atomic E-state index is -0.522. The molecule has 1 fully saturated rings. The van der Waals surface area contributed by atoms with Gasteiger partial charge in [-0.1, -0.05) is 24.3 Å². The van der Waals surface area contributed by atoms with Gasteiger partial charge in [-0.3, -0.25) is 9.59 Å². The van der Waals surface area contributed by atoms with Gasteiger partial charge in [-0.05, 0) is 43.2 Å². The topological polar surface area (TPSA) is 49.4 Å². The van der Waals surface area contributed by atoms with Crippen molar-refractivity contribution < 1.29 is 14.0 Å². The average molecular weight is 312 g/mol. The Labute approximate surface area is 133 Å².